The van der Waals surface area contributed by atoms with Crippen LogP contribution in [0.4, 0.5) is 0 Å². The van der Waals surface area contributed by atoms with Crippen LogP contribution in [0.25, 0.3) is 11.0 Å². The highest BCUT2D eigenvalue weighted by Crippen LogP contribution is 2.32. The maximum Gasteiger partial charge on any atom is 0.255 e. The Labute approximate surface area is 136 Å². The van der Waals surface area contributed by atoms with Crippen molar-refractivity contribution in [1.82, 2.24) is 10.2 Å². The summed E-state index contributed by atoms with van der Waals surface area (Å²) in [5.74, 6) is 1.38. The number of fused-ring (bicyclic) bond motifs is 4. The predicted molar refractivity (Wildman–Crippen MR) is 90.6 cm³/mol. The Bertz CT molecular complexity index is 713. The number of piperidine rings is 3. The highest BCUT2D eigenvalue weighted by Gasteiger charge is 2.34. The van der Waals surface area contributed by atoms with Crippen LogP contribution in [0.1, 0.15) is 35.7 Å². The summed E-state index contributed by atoms with van der Waals surface area (Å²) >= 11 is 0. The molecular formula is C19H24N2O2. The largest absolute Gasteiger partial charge is 0.463 e. The van der Waals surface area contributed by atoms with Crippen LogP contribution in [0.5, 0.6) is 0 Å². The molecule has 4 heterocycles. The number of benzene rings is 1. The van der Waals surface area contributed by atoms with E-state index >= 15 is 0 Å². The molecule has 1 unspecified atom stereocenters. The molecule has 0 radical (unpaired) electrons. The second-order valence-corrected chi connectivity index (χ2v) is 6.94. The molecule has 2 aromatic rings. The van der Waals surface area contributed by atoms with Crippen LogP contribution in [0.2, 0.25) is 0 Å². The number of carbonyl (C=O) groups excluding carboxylic acids is 1. The first-order valence-corrected chi connectivity index (χ1v) is 8.75. The average Bonchev–Trinajstić information content (AvgIpc) is 3.03. The van der Waals surface area contributed by atoms with E-state index in [2.05, 4.69) is 29.3 Å². The van der Waals surface area contributed by atoms with Gasteiger partial charge in [-0.15, -0.1) is 0 Å². The number of nitrogens with one attached hydrogen (secondary N) is 1. The van der Waals surface area contributed by atoms with Crippen LogP contribution in [-0.2, 0) is 6.42 Å². The van der Waals surface area contributed by atoms with Crippen molar-refractivity contribution in [3.63, 3.8) is 0 Å². The smallest absolute Gasteiger partial charge is 0.255 e. The molecule has 1 aromatic carbocycles. The minimum Gasteiger partial charge on any atom is -0.463 e. The molecule has 122 valence electrons. The standard InChI is InChI=1S/C19H24N2O2/c1-2-13-3-4-18-16(9-13)17(12-23-18)19(22)20-10-15-11-21-7-5-14(15)6-8-21/h3-4,9,12,14-15H,2,5-8,10-11H2,1H3,(H,20,22). The quantitative estimate of drug-likeness (QED) is 0.944. The van der Waals surface area contributed by atoms with Gasteiger partial charge in [-0.3, -0.25) is 4.79 Å². The van der Waals surface area contributed by atoms with E-state index in [1.54, 1.807) is 6.26 Å². The van der Waals surface area contributed by atoms with Crippen molar-refractivity contribution in [2.45, 2.75) is 26.2 Å². The summed E-state index contributed by atoms with van der Waals surface area (Å²) in [5.41, 5.74) is 2.68. The van der Waals surface area contributed by atoms with Gasteiger partial charge in [0.25, 0.3) is 5.91 Å². The summed E-state index contributed by atoms with van der Waals surface area (Å²) in [6, 6.07) is 6.08. The van der Waals surface area contributed by atoms with Gasteiger partial charge >= 0.3 is 0 Å². The summed E-state index contributed by atoms with van der Waals surface area (Å²) in [4.78, 5) is 15.1. The molecular weight excluding hydrogens is 288 g/mol. The fraction of sp³-hybridized carbons (Fsp3) is 0.526. The summed E-state index contributed by atoms with van der Waals surface area (Å²) in [5, 5.41) is 4.07. The molecule has 0 aliphatic carbocycles. The number of nitrogens with zero attached hydrogens (tertiary/aromatic N) is 1. The first-order chi connectivity index (χ1) is 11.2. The van der Waals surface area contributed by atoms with E-state index in [0.717, 1.165) is 36.4 Å². The third-order valence-electron chi connectivity index (χ3n) is 5.61. The molecule has 2 bridgehead atoms. The molecule has 4 heteroatoms. The van der Waals surface area contributed by atoms with Crippen molar-refractivity contribution in [1.29, 1.82) is 0 Å². The van der Waals surface area contributed by atoms with Crippen LogP contribution < -0.4 is 5.32 Å². The SMILES string of the molecule is CCc1ccc2occ(C(=O)NCC3CN4CCC3CC4)c2c1. The highest BCUT2D eigenvalue weighted by molar-refractivity contribution is 6.06. The van der Waals surface area contributed by atoms with Gasteiger partial charge in [-0.2, -0.15) is 0 Å². The lowest BCUT2D eigenvalue weighted by Crippen LogP contribution is -2.50. The van der Waals surface area contributed by atoms with Crippen molar-refractivity contribution in [3.05, 3.63) is 35.6 Å². The fourth-order valence-corrected chi connectivity index (χ4v) is 4.11. The normalized spacial score (nSPS) is 26.6. The van der Waals surface area contributed by atoms with E-state index in [1.807, 2.05) is 6.07 Å². The zero-order valence-electron chi connectivity index (χ0n) is 13.7. The van der Waals surface area contributed by atoms with Gasteiger partial charge < -0.3 is 14.6 Å². The third kappa shape index (κ3) is 2.76. The Morgan fingerprint density at radius 1 is 1.35 bits per heavy atom. The lowest BCUT2D eigenvalue weighted by molar-refractivity contribution is 0.0496. The van der Waals surface area contributed by atoms with E-state index < -0.39 is 0 Å². The zero-order chi connectivity index (χ0) is 15.8. The molecule has 23 heavy (non-hydrogen) atoms. The highest BCUT2D eigenvalue weighted by atomic mass is 16.3. The molecule has 3 saturated heterocycles. The number of furan rings is 1. The first-order valence-electron chi connectivity index (χ1n) is 8.75. The topological polar surface area (TPSA) is 45.5 Å². The van der Waals surface area contributed by atoms with Gasteiger partial charge in [0.2, 0.25) is 0 Å². The van der Waals surface area contributed by atoms with Gasteiger partial charge in [-0.25, -0.2) is 0 Å². The van der Waals surface area contributed by atoms with Crippen LogP contribution in [0.3, 0.4) is 0 Å². The molecule has 0 spiro atoms. The minimum atomic E-state index is -0.00606. The monoisotopic (exact) mass is 312 g/mol. The van der Waals surface area contributed by atoms with Gasteiger partial charge in [-0.1, -0.05) is 13.0 Å². The second-order valence-electron chi connectivity index (χ2n) is 6.94. The van der Waals surface area contributed by atoms with Crippen LogP contribution in [0, 0.1) is 11.8 Å². The van der Waals surface area contributed by atoms with Gasteiger partial charge in [0.05, 0.1) is 5.56 Å². The van der Waals surface area contributed by atoms with Crippen molar-refractivity contribution in [2.75, 3.05) is 26.2 Å². The van der Waals surface area contributed by atoms with E-state index in [0.29, 0.717) is 11.5 Å². The van der Waals surface area contributed by atoms with Gasteiger partial charge in [0.1, 0.15) is 11.8 Å². The van der Waals surface area contributed by atoms with Crippen molar-refractivity contribution < 1.29 is 9.21 Å². The number of aryl methyl sites for hydroxylation is 1. The lowest BCUT2D eigenvalue weighted by Gasteiger charge is -2.44. The Balaban J connectivity index is 1.47. The van der Waals surface area contributed by atoms with Crippen LogP contribution in [-0.4, -0.2) is 37.0 Å². The molecule has 3 aliphatic heterocycles. The Morgan fingerprint density at radius 2 is 2.17 bits per heavy atom. The van der Waals surface area contributed by atoms with Crippen molar-refractivity contribution in [3.8, 4) is 0 Å². The molecule has 1 amide bonds. The van der Waals surface area contributed by atoms with Gasteiger partial charge in [0.15, 0.2) is 0 Å². The first kappa shape index (κ1) is 14.8. The van der Waals surface area contributed by atoms with Crippen LogP contribution >= 0.6 is 0 Å². The second kappa shape index (κ2) is 6.00. The molecule has 3 fully saturated rings. The Hall–Kier alpha value is -1.81. The van der Waals surface area contributed by atoms with E-state index in [-0.39, 0.29) is 5.91 Å². The maximum absolute atomic E-state index is 12.6. The number of amides is 1. The number of hydrogen-bond acceptors (Lipinski definition) is 3. The van der Waals surface area contributed by atoms with E-state index in [4.69, 9.17) is 4.42 Å². The lowest BCUT2D eigenvalue weighted by atomic mass is 9.79. The fourth-order valence-electron chi connectivity index (χ4n) is 4.11. The number of hydrogen-bond donors (Lipinski definition) is 1. The molecule has 1 aromatic heterocycles. The molecule has 3 aliphatic rings. The van der Waals surface area contributed by atoms with Gasteiger partial charge in [0, 0.05) is 18.5 Å². The predicted octanol–water partition coefficient (Wildman–Crippen LogP) is 3.07. The molecule has 5 rings (SSSR count). The molecule has 1 N–H and O–H groups in total. The van der Waals surface area contributed by atoms with E-state index in [1.165, 1.54) is 31.5 Å². The molecule has 0 saturated carbocycles. The zero-order valence-corrected chi connectivity index (χ0v) is 13.7. The summed E-state index contributed by atoms with van der Waals surface area (Å²) in [6.45, 7) is 6.51. The third-order valence-corrected chi connectivity index (χ3v) is 5.61. The average molecular weight is 312 g/mol. The van der Waals surface area contributed by atoms with E-state index in [9.17, 15) is 4.79 Å². The summed E-state index contributed by atoms with van der Waals surface area (Å²) in [7, 11) is 0. The molecule has 1 atom stereocenters. The van der Waals surface area contributed by atoms with Crippen molar-refractivity contribution >= 4 is 16.9 Å². The number of carbonyl (C=O) groups is 1. The maximum atomic E-state index is 12.6. The Morgan fingerprint density at radius 3 is 2.87 bits per heavy atom. The Kier molecular flexibility index (Phi) is 3.85. The number of rotatable bonds is 4. The molecule has 4 nitrogen and oxygen atoms in total. The van der Waals surface area contributed by atoms with Gasteiger partial charge in [-0.05, 0) is 61.9 Å². The van der Waals surface area contributed by atoms with Crippen LogP contribution in [0.15, 0.2) is 28.9 Å². The minimum absolute atomic E-state index is 0.00606. The summed E-state index contributed by atoms with van der Waals surface area (Å²) < 4.78 is 5.54. The van der Waals surface area contributed by atoms with Crippen molar-refractivity contribution in [2.24, 2.45) is 11.8 Å². The summed E-state index contributed by atoms with van der Waals surface area (Å²) in [6.07, 6.45) is 5.13.